The third-order valence-electron chi connectivity index (χ3n) is 5.21. The zero-order chi connectivity index (χ0) is 23.5. The highest BCUT2D eigenvalue weighted by atomic mass is 32.2. The van der Waals surface area contributed by atoms with Gasteiger partial charge in [0, 0.05) is 11.3 Å². The van der Waals surface area contributed by atoms with Crippen molar-refractivity contribution in [3.63, 3.8) is 0 Å². The number of anilines is 1. The van der Waals surface area contributed by atoms with E-state index in [1.807, 2.05) is 13.8 Å². The lowest BCUT2D eigenvalue weighted by Crippen LogP contribution is -2.26. The van der Waals surface area contributed by atoms with Crippen molar-refractivity contribution >= 4 is 21.6 Å². The summed E-state index contributed by atoms with van der Waals surface area (Å²) in [6, 6.07) is 15.1. The van der Waals surface area contributed by atoms with E-state index in [2.05, 4.69) is 10.0 Å². The number of carbonyl (C=O) groups excluding carboxylic acids is 1. The van der Waals surface area contributed by atoms with Crippen molar-refractivity contribution < 1.29 is 22.3 Å². The smallest absolute Gasteiger partial charge is 0.261 e. The van der Waals surface area contributed by atoms with Crippen LogP contribution in [0.4, 0.5) is 10.1 Å². The number of halogens is 1. The highest BCUT2D eigenvalue weighted by Crippen LogP contribution is 2.23. The number of benzene rings is 3. The van der Waals surface area contributed by atoms with Crippen LogP contribution in [0.25, 0.3) is 0 Å². The predicted octanol–water partition coefficient (Wildman–Crippen LogP) is 4.74. The molecular weight excluding hydrogens is 431 g/mol. The Balaban J connectivity index is 1.68. The van der Waals surface area contributed by atoms with Crippen LogP contribution in [-0.4, -0.2) is 21.4 Å². The van der Waals surface area contributed by atoms with Crippen molar-refractivity contribution in [1.82, 2.24) is 5.32 Å². The molecule has 0 aliphatic heterocycles. The molecule has 32 heavy (non-hydrogen) atoms. The van der Waals surface area contributed by atoms with Crippen molar-refractivity contribution in [1.29, 1.82) is 0 Å². The van der Waals surface area contributed by atoms with Gasteiger partial charge in [0.15, 0.2) is 11.6 Å². The number of amides is 1. The van der Waals surface area contributed by atoms with Crippen LogP contribution in [0.2, 0.25) is 0 Å². The van der Waals surface area contributed by atoms with E-state index in [0.717, 1.165) is 11.1 Å². The van der Waals surface area contributed by atoms with Crippen LogP contribution in [0, 0.1) is 19.7 Å². The molecule has 1 atom stereocenters. The SMILES string of the molecule is COc1ccc(C(C)NC(=O)c2ccc(NS(=O)(=O)c3ccc(C)c(C)c3)cc2)cc1F. The maximum absolute atomic E-state index is 13.9. The number of sulfonamides is 1. The molecule has 1 amide bonds. The van der Waals surface area contributed by atoms with Crippen molar-refractivity contribution in [3.8, 4) is 5.75 Å². The van der Waals surface area contributed by atoms with Crippen molar-refractivity contribution in [2.75, 3.05) is 11.8 Å². The Hall–Kier alpha value is -3.39. The molecule has 0 aliphatic carbocycles. The molecule has 8 heteroatoms. The standard InChI is InChI=1S/C24H25FN2O4S/c1-15-5-11-21(13-16(15)2)32(29,30)27-20-9-6-18(7-10-20)24(28)26-17(3)19-8-12-23(31-4)22(25)14-19/h5-14,17,27H,1-4H3,(H,26,28). The molecule has 168 valence electrons. The van der Waals surface area contributed by atoms with Gasteiger partial charge in [0.25, 0.3) is 15.9 Å². The van der Waals surface area contributed by atoms with E-state index in [9.17, 15) is 17.6 Å². The van der Waals surface area contributed by atoms with Gasteiger partial charge in [-0.05, 0) is 86.0 Å². The number of hydrogen-bond acceptors (Lipinski definition) is 4. The quantitative estimate of drug-likeness (QED) is 0.538. The number of carbonyl (C=O) groups is 1. The van der Waals surface area contributed by atoms with E-state index in [-0.39, 0.29) is 16.6 Å². The van der Waals surface area contributed by atoms with Crippen molar-refractivity contribution in [2.24, 2.45) is 0 Å². The molecule has 0 saturated carbocycles. The minimum absolute atomic E-state index is 0.131. The Labute approximate surface area is 187 Å². The maximum Gasteiger partial charge on any atom is 0.261 e. The van der Waals surface area contributed by atoms with Crippen LogP contribution in [0.3, 0.4) is 0 Å². The molecule has 0 fully saturated rings. The molecule has 0 bridgehead atoms. The predicted molar refractivity (Wildman–Crippen MR) is 122 cm³/mol. The summed E-state index contributed by atoms with van der Waals surface area (Å²) >= 11 is 0. The summed E-state index contributed by atoms with van der Waals surface area (Å²) in [5.74, 6) is -0.741. The number of rotatable bonds is 7. The van der Waals surface area contributed by atoms with Gasteiger partial charge in [-0.3, -0.25) is 9.52 Å². The van der Waals surface area contributed by atoms with Gasteiger partial charge in [0.1, 0.15) is 0 Å². The fraction of sp³-hybridized carbons (Fsp3) is 0.208. The third kappa shape index (κ3) is 5.26. The van der Waals surface area contributed by atoms with Crippen molar-refractivity contribution in [2.45, 2.75) is 31.7 Å². The second kappa shape index (κ2) is 9.40. The molecule has 0 spiro atoms. The number of methoxy groups -OCH3 is 1. The number of ether oxygens (including phenoxy) is 1. The van der Waals surface area contributed by atoms with Gasteiger partial charge >= 0.3 is 0 Å². The lowest BCUT2D eigenvalue weighted by Gasteiger charge is -2.15. The molecule has 2 N–H and O–H groups in total. The molecule has 3 aromatic carbocycles. The van der Waals surface area contributed by atoms with E-state index < -0.39 is 21.9 Å². The number of aryl methyl sites for hydroxylation is 2. The minimum atomic E-state index is -3.75. The van der Waals surface area contributed by atoms with Crippen LogP contribution in [0.1, 0.15) is 40.0 Å². The molecule has 3 aromatic rings. The third-order valence-corrected chi connectivity index (χ3v) is 6.59. The number of nitrogens with one attached hydrogen (secondary N) is 2. The van der Waals surface area contributed by atoms with Gasteiger partial charge in [0.05, 0.1) is 18.0 Å². The average molecular weight is 457 g/mol. The molecule has 0 aromatic heterocycles. The molecule has 3 rings (SSSR count). The first-order valence-corrected chi connectivity index (χ1v) is 11.4. The molecule has 0 heterocycles. The monoisotopic (exact) mass is 456 g/mol. The van der Waals surface area contributed by atoms with Gasteiger partial charge in [-0.1, -0.05) is 12.1 Å². The summed E-state index contributed by atoms with van der Waals surface area (Å²) in [4.78, 5) is 12.7. The summed E-state index contributed by atoms with van der Waals surface area (Å²) in [6.45, 7) is 5.50. The Bertz CT molecular complexity index is 1240. The molecule has 0 radical (unpaired) electrons. The fourth-order valence-corrected chi connectivity index (χ4v) is 4.24. The zero-order valence-electron chi connectivity index (χ0n) is 18.3. The zero-order valence-corrected chi connectivity index (χ0v) is 19.1. The van der Waals surface area contributed by atoms with Crippen LogP contribution in [0.15, 0.2) is 65.6 Å². The van der Waals surface area contributed by atoms with Crippen LogP contribution >= 0.6 is 0 Å². The van der Waals surface area contributed by atoms with Gasteiger partial charge < -0.3 is 10.1 Å². The van der Waals surface area contributed by atoms with Crippen molar-refractivity contribution in [3.05, 3.63) is 88.7 Å². The van der Waals surface area contributed by atoms with Crippen LogP contribution in [-0.2, 0) is 10.0 Å². The van der Waals surface area contributed by atoms with Crippen LogP contribution in [0.5, 0.6) is 5.75 Å². The average Bonchev–Trinajstić information content (AvgIpc) is 2.75. The fourth-order valence-electron chi connectivity index (χ4n) is 3.10. The lowest BCUT2D eigenvalue weighted by atomic mass is 10.1. The van der Waals surface area contributed by atoms with E-state index in [0.29, 0.717) is 16.8 Å². The Morgan fingerprint density at radius 3 is 2.25 bits per heavy atom. The topological polar surface area (TPSA) is 84.5 Å². The van der Waals surface area contributed by atoms with Gasteiger partial charge in [0.2, 0.25) is 0 Å². The molecule has 0 saturated heterocycles. The minimum Gasteiger partial charge on any atom is -0.494 e. The van der Waals surface area contributed by atoms with E-state index in [1.165, 1.54) is 43.5 Å². The second-order valence-electron chi connectivity index (χ2n) is 7.52. The Kier molecular flexibility index (Phi) is 6.84. The van der Waals surface area contributed by atoms with E-state index in [4.69, 9.17) is 4.74 Å². The highest BCUT2D eigenvalue weighted by Gasteiger charge is 2.17. The normalized spacial score (nSPS) is 12.2. The first-order valence-electron chi connectivity index (χ1n) is 9.95. The summed E-state index contributed by atoms with van der Waals surface area (Å²) < 4.78 is 46.6. The van der Waals surface area contributed by atoms with Gasteiger partial charge in [-0.2, -0.15) is 0 Å². The summed E-state index contributed by atoms with van der Waals surface area (Å²) in [5.41, 5.74) is 3.16. The first-order chi connectivity index (χ1) is 15.1. The highest BCUT2D eigenvalue weighted by molar-refractivity contribution is 7.92. The van der Waals surface area contributed by atoms with E-state index in [1.54, 1.807) is 31.2 Å². The van der Waals surface area contributed by atoms with E-state index >= 15 is 0 Å². The largest absolute Gasteiger partial charge is 0.494 e. The summed E-state index contributed by atoms with van der Waals surface area (Å²) in [5, 5.41) is 2.80. The summed E-state index contributed by atoms with van der Waals surface area (Å²) in [7, 11) is -2.36. The lowest BCUT2D eigenvalue weighted by molar-refractivity contribution is 0.0940. The Morgan fingerprint density at radius 2 is 1.66 bits per heavy atom. The number of hydrogen-bond donors (Lipinski definition) is 2. The summed E-state index contributed by atoms with van der Waals surface area (Å²) in [6.07, 6.45) is 0. The first kappa shape index (κ1) is 23.3. The van der Waals surface area contributed by atoms with Gasteiger partial charge in [-0.25, -0.2) is 12.8 Å². The molecular formula is C24H25FN2O4S. The molecule has 0 aliphatic rings. The molecule has 6 nitrogen and oxygen atoms in total. The van der Waals surface area contributed by atoms with Gasteiger partial charge in [-0.15, -0.1) is 0 Å². The van der Waals surface area contributed by atoms with Crippen LogP contribution < -0.4 is 14.8 Å². The Morgan fingerprint density at radius 1 is 0.969 bits per heavy atom. The maximum atomic E-state index is 13.9. The molecule has 1 unspecified atom stereocenters. The second-order valence-corrected chi connectivity index (χ2v) is 9.20.